The summed E-state index contributed by atoms with van der Waals surface area (Å²) in [6.07, 6.45) is 0.943. The molecule has 88 valence electrons. The van der Waals surface area contributed by atoms with Crippen LogP contribution in [0.4, 0.5) is 0 Å². The van der Waals surface area contributed by atoms with Crippen LogP contribution in [0, 0.1) is 0 Å². The molecule has 2 aromatic heterocycles. The van der Waals surface area contributed by atoms with Crippen LogP contribution in [0.5, 0.6) is 0 Å². The third-order valence-electron chi connectivity index (χ3n) is 2.23. The summed E-state index contributed by atoms with van der Waals surface area (Å²) < 4.78 is 1.33. The van der Waals surface area contributed by atoms with Crippen molar-refractivity contribution in [1.82, 2.24) is 9.38 Å². The summed E-state index contributed by atoms with van der Waals surface area (Å²) in [6.45, 7) is 0. The molecule has 0 saturated heterocycles. The second-order valence-electron chi connectivity index (χ2n) is 3.30. The molecule has 0 bridgehead atoms. The van der Waals surface area contributed by atoms with Crippen LogP contribution in [0.15, 0.2) is 24.4 Å². The number of hydrogen-bond donors (Lipinski definition) is 2. The van der Waals surface area contributed by atoms with Crippen LogP contribution in [0.2, 0.25) is 0 Å². The normalized spacial score (nSPS) is 10.4. The van der Waals surface area contributed by atoms with Crippen LogP contribution >= 0.6 is 0 Å². The van der Waals surface area contributed by atoms with Crippen LogP contribution < -0.4 is 0 Å². The number of carboxylic acids is 1. The lowest BCUT2D eigenvalue weighted by atomic mass is 10.2. The molecule has 0 aliphatic heterocycles. The molecule has 2 N–H and O–H groups in total. The number of nitrogens with zero attached hydrogens (tertiary/aromatic N) is 2. The lowest BCUT2D eigenvalue weighted by Gasteiger charge is -2.04. The van der Waals surface area contributed by atoms with Gasteiger partial charge in [-0.05, 0) is 12.1 Å². The van der Waals surface area contributed by atoms with Gasteiger partial charge in [-0.2, -0.15) is 5.26 Å². The molecule has 0 spiro atoms. The Morgan fingerprint density at radius 1 is 1.41 bits per heavy atom. The molecule has 7 nitrogen and oxygen atoms in total. The summed E-state index contributed by atoms with van der Waals surface area (Å²) in [4.78, 5) is 29.5. The lowest BCUT2D eigenvalue weighted by molar-refractivity contribution is -0.183. The number of imidazole rings is 1. The van der Waals surface area contributed by atoms with Gasteiger partial charge in [0.25, 0.3) is 0 Å². The third-order valence-corrected chi connectivity index (χ3v) is 2.23. The highest BCUT2D eigenvalue weighted by molar-refractivity contribution is 5.88. The predicted molar refractivity (Wildman–Crippen MR) is 54.6 cm³/mol. The average Bonchev–Trinajstić information content (AvgIpc) is 2.72. The Balaban J connectivity index is 2.63. The van der Waals surface area contributed by atoms with E-state index >= 15 is 0 Å². The molecule has 0 aliphatic rings. The molecule has 0 aliphatic carbocycles. The van der Waals surface area contributed by atoms with E-state index < -0.39 is 11.9 Å². The number of carbonyl (C=O) groups is 2. The number of aliphatic carboxylic acids is 1. The van der Waals surface area contributed by atoms with Crippen molar-refractivity contribution in [3.05, 3.63) is 35.8 Å². The Morgan fingerprint density at radius 3 is 2.82 bits per heavy atom. The zero-order valence-electron chi connectivity index (χ0n) is 8.53. The van der Waals surface area contributed by atoms with E-state index in [0.717, 1.165) is 0 Å². The summed E-state index contributed by atoms with van der Waals surface area (Å²) in [5.41, 5.74) is 0.747. The first-order valence-corrected chi connectivity index (χ1v) is 4.66. The van der Waals surface area contributed by atoms with E-state index in [1.807, 2.05) is 0 Å². The van der Waals surface area contributed by atoms with E-state index in [4.69, 9.17) is 10.4 Å². The molecular formula is C10H8N2O5. The molecule has 2 heterocycles. The van der Waals surface area contributed by atoms with Crippen molar-refractivity contribution < 1.29 is 24.8 Å². The van der Waals surface area contributed by atoms with E-state index in [1.165, 1.54) is 10.6 Å². The topological polar surface area (TPSA) is 101 Å². The van der Waals surface area contributed by atoms with Gasteiger partial charge in [0.05, 0.1) is 12.6 Å². The summed E-state index contributed by atoms with van der Waals surface area (Å²) in [7, 11) is 0. The largest absolute Gasteiger partial charge is 0.481 e. The molecule has 0 radical (unpaired) electrons. The molecule has 2 aromatic rings. The van der Waals surface area contributed by atoms with Crippen molar-refractivity contribution in [2.75, 3.05) is 0 Å². The van der Waals surface area contributed by atoms with Crippen molar-refractivity contribution in [1.29, 1.82) is 0 Å². The first-order valence-electron chi connectivity index (χ1n) is 4.66. The number of aromatic nitrogens is 2. The first-order chi connectivity index (χ1) is 8.13. The Labute approximate surface area is 94.8 Å². The molecule has 0 unspecified atom stereocenters. The van der Waals surface area contributed by atoms with E-state index in [-0.39, 0.29) is 12.1 Å². The van der Waals surface area contributed by atoms with Gasteiger partial charge in [0.2, 0.25) is 0 Å². The monoisotopic (exact) mass is 236 g/mol. The van der Waals surface area contributed by atoms with Crippen molar-refractivity contribution in [3.63, 3.8) is 0 Å². The first kappa shape index (κ1) is 11.1. The fourth-order valence-corrected chi connectivity index (χ4v) is 1.59. The fourth-order valence-electron chi connectivity index (χ4n) is 1.59. The summed E-state index contributed by atoms with van der Waals surface area (Å²) >= 11 is 0. The van der Waals surface area contributed by atoms with Gasteiger partial charge in [0.15, 0.2) is 5.69 Å². The quantitative estimate of drug-likeness (QED) is 0.597. The van der Waals surface area contributed by atoms with Gasteiger partial charge >= 0.3 is 11.9 Å². The van der Waals surface area contributed by atoms with Crippen molar-refractivity contribution in [2.24, 2.45) is 0 Å². The second kappa shape index (κ2) is 4.22. The molecule has 0 amide bonds. The van der Waals surface area contributed by atoms with Crippen LogP contribution in [0.25, 0.3) is 5.65 Å². The van der Waals surface area contributed by atoms with Gasteiger partial charge < -0.3 is 5.11 Å². The molecular weight excluding hydrogens is 228 g/mol. The smallest absolute Gasteiger partial charge is 0.391 e. The molecule has 0 aromatic carbocycles. The number of pyridine rings is 1. The van der Waals surface area contributed by atoms with Crippen molar-refractivity contribution in [2.45, 2.75) is 6.42 Å². The van der Waals surface area contributed by atoms with Crippen LogP contribution in [0.3, 0.4) is 0 Å². The summed E-state index contributed by atoms with van der Waals surface area (Å²) in [6, 6.07) is 4.80. The summed E-state index contributed by atoms with van der Waals surface area (Å²) in [5, 5.41) is 17.1. The maximum absolute atomic E-state index is 11.2. The highest BCUT2D eigenvalue weighted by atomic mass is 17.1. The van der Waals surface area contributed by atoms with Crippen LogP contribution in [-0.2, 0) is 16.1 Å². The summed E-state index contributed by atoms with van der Waals surface area (Å²) in [5.74, 6) is -2.02. The number of rotatable bonds is 3. The lowest BCUT2D eigenvalue weighted by Crippen LogP contribution is -2.11. The van der Waals surface area contributed by atoms with Gasteiger partial charge in [0, 0.05) is 5.69 Å². The van der Waals surface area contributed by atoms with Crippen LogP contribution in [-0.4, -0.2) is 31.7 Å². The Hall–Kier alpha value is -2.41. The van der Waals surface area contributed by atoms with E-state index in [1.54, 1.807) is 18.2 Å². The van der Waals surface area contributed by atoms with E-state index in [2.05, 4.69) is 9.87 Å². The maximum Gasteiger partial charge on any atom is 0.391 e. The van der Waals surface area contributed by atoms with Gasteiger partial charge in [-0.3, -0.25) is 14.1 Å². The Kier molecular flexibility index (Phi) is 2.75. The zero-order chi connectivity index (χ0) is 12.4. The molecule has 2 rings (SSSR count). The number of carbonyl (C=O) groups excluding carboxylic acids is 1. The van der Waals surface area contributed by atoms with Gasteiger partial charge in [-0.1, -0.05) is 6.07 Å². The minimum atomic E-state index is -1.03. The molecule has 0 fully saturated rings. The van der Waals surface area contributed by atoms with E-state index in [9.17, 15) is 9.59 Å². The molecule has 17 heavy (non-hydrogen) atoms. The fraction of sp³-hybridized carbons (Fsp3) is 0.100. The van der Waals surface area contributed by atoms with Gasteiger partial charge in [-0.15, -0.1) is 0 Å². The van der Waals surface area contributed by atoms with Gasteiger partial charge in [0.1, 0.15) is 5.65 Å². The average molecular weight is 236 g/mol. The number of carboxylic acid groups (broad SMARTS) is 1. The van der Waals surface area contributed by atoms with Gasteiger partial charge in [-0.25, -0.2) is 9.78 Å². The number of hydrogen-bond acceptors (Lipinski definition) is 5. The Bertz CT molecular complexity index is 589. The van der Waals surface area contributed by atoms with Crippen LogP contribution in [0.1, 0.15) is 16.2 Å². The predicted octanol–water partition coefficient (Wildman–Crippen LogP) is 0.591. The van der Waals surface area contributed by atoms with E-state index in [0.29, 0.717) is 11.3 Å². The maximum atomic E-state index is 11.2. The number of fused-ring (bicyclic) bond motifs is 1. The minimum absolute atomic E-state index is 0.0284. The molecule has 7 heteroatoms. The molecule has 0 saturated carbocycles. The Morgan fingerprint density at radius 2 is 2.18 bits per heavy atom. The standard InChI is InChI=1S/C10H8N2O5/c13-9(14)4-6-2-1-3-8-11-5-7(12(6)8)10(15)17-16/h1-3,5,16H,4H2,(H,13,14). The zero-order valence-corrected chi connectivity index (χ0v) is 8.53. The minimum Gasteiger partial charge on any atom is -0.481 e. The van der Waals surface area contributed by atoms with Crippen molar-refractivity contribution in [3.8, 4) is 0 Å². The second-order valence-corrected chi connectivity index (χ2v) is 3.30. The highest BCUT2D eigenvalue weighted by Gasteiger charge is 2.16. The third kappa shape index (κ3) is 1.95. The van der Waals surface area contributed by atoms with Crippen molar-refractivity contribution >= 4 is 17.6 Å². The molecule has 0 atom stereocenters. The SMILES string of the molecule is O=C(O)Cc1cccc2ncc(C(=O)OO)n12. The highest BCUT2D eigenvalue weighted by Crippen LogP contribution is 2.12.